The summed E-state index contributed by atoms with van der Waals surface area (Å²) in [5.74, 6) is -0.127. The summed E-state index contributed by atoms with van der Waals surface area (Å²) in [4.78, 5) is 0. The number of hydrogen-bond acceptors (Lipinski definition) is 1. The summed E-state index contributed by atoms with van der Waals surface area (Å²) in [6, 6.07) is 5.86. The second kappa shape index (κ2) is 5.40. The summed E-state index contributed by atoms with van der Waals surface area (Å²) < 4.78 is 13.1. The molecule has 1 fully saturated rings. The van der Waals surface area contributed by atoms with Gasteiger partial charge in [-0.1, -0.05) is 19.9 Å². The van der Waals surface area contributed by atoms with Crippen molar-refractivity contribution in [2.24, 2.45) is 5.41 Å². The molecule has 0 aliphatic heterocycles. The summed E-state index contributed by atoms with van der Waals surface area (Å²) in [5.41, 5.74) is 2.76. The molecule has 0 amide bonds. The van der Waals surface area contributed by atoms with Crippen molar-refractivity contribution in [1.82, 2.24) is 5.32 Å². The lowest BCUT2D eigenvalue weighted by Crippen LogP contribution is -2.28. The summed E-state index contributed by atoms with van der Waals surface area (Å²) >= 11 is 0. The Morgan fingerprint density at radius 3 is 2.89 bits per heavy atom. The maximum absolute atomic E-state index is 13.1. The van der Waals surface area contributed by atoms with E-state index in [-0.39, 0.29) is 5.82 Å². The lowest BCUT2D eigenvalue weighted by molar-refractivity contribution is 0.322. The number of benzene rings is 1. The van der Waals surface area contributed by atoms with E-state index in [2.05, 4.69) is 19.2 Å². The minimum absolute atomic E-state index is 0.127. The molecule has 0 aromatic heterocycles. The Balaban J connectivity index is 2.05. The molecule has 0 radical (unpaired) electrons. The molecule has 2 unspecified atom stereocenters. The quantitative estimate of drug-likeness (QED) is 0.854. The zero-order chi connectivity index (χ0) is 13.2. The average Bonchev–Trinajstić information content (AvgIpc) is 2.65. The van der Waals surface area contributed by atoms with Gasteiger partial charge in [-0.25, -0.2) is 4.39 Å². The Morgan fingerprint density at radius 1 is 1.44 bits per heavy atom. The molecule has 0 heterocycles. The van der Waals surface area contributed by atoms with Crippen LogP contribution in [0.3, 0.4) is 0 Å². The molecule has 1 aromatic rings. The lowest BCUT2D eigenvalue weighted by Gasteiger charge is -2.25. The minimum Gasteiger partial charge on any atom is -0.314 e. The van der Waals surface area contributed by atoms with Crippen LogP contribution < -0.4 is 5.32 Å². The molecule has 100 valence electrons. The van der Waals surface area contributed by atoms with Gasteiger partial charge in [0.05, 0.1) is 0 Å². The van der Waals surface area contributed by atoms with E-state index in [0.29, 0.717) is 11.5 Å². The highest BCUT2D eigenvalue weighted by Gasteiger charge is 2.34. The molecule has 2 heteroatoms. The third-order valence-electron chi connectivity index (χ3n) is 4.25. The SMILES string of the molecule is CCNC1CCC(C)(Cc2ccc(F)cc2C)C1. The third kappa shape index (κ3) is 3.11. The summed E-state index contributed by atoms with van der Waals surface area (Å²) in [5, 5.41) is 3.55. The van der Waals surface area contributed by atoms with Crippen LogP contribution in [0.4, 0.5) is 4.39 Å². The van der Waals surface area contributed by atoms with E-state index in [1.165, 1.54) is 24.8 Å². The van der Waals surface area contributed by atoms with Crippen molar-refractivity contribution in [2.75, 3.05) is 6.54 Å². The molecule has 1 saturated carbocycles. The summed E-state index contributed by atoms with van der Waals surface area (Å²) in [7, 11) is 0. The highest BCUT2D eigenvalue weighted by molar-refractivity contribution is 5.27. The number of rotatable bonds is 4. The van der Waals surface area contributed by atoms with Crippen molar-refractivity contribution < 1.29 is 4.39 Å². The molecule has 1 aliphatic rings. The van der Waals surface area contributed by atoms with Crippen LogP contribution in [0.5, 0.6) is 0 Å². The number of nitrogens with one attached hydrogen (secondary N) is 1. The van der Waals surface area contributed by atoms with Gasteiger partial charge < -0.3 is 5.32 Å². The number of hydrogen-bond donors (Lipinski definition) is 1. The van der Waals surface area contributed by atoms with Crippen molar-refractivity contribution >= 4 is 0 Å². The van der Waals surface area contributed by atoms with Gasteiger partial charge in [-0.15, -0.1) is 0 Å². The molecule has 1 N–H and O–H groups in total. The van der Waals surface area contributed by atoms with Gasteiger partial charge in [-0.3, -0.25) is 0 Å². The van der Waals surface area contributed by atoms with Gasteiger partial charge in [0.25, 0.3) is 0 Å². The molecule has 1 aliphatic carbocycles. The van der Waals surface area contributed by atoms with Crippen molar-refractivity contribution in [3.05, 3.63) is 35.1 Å². The van der Waals surface area contributed by atoms with Gasteiger partial charge >= 0.3 is 0 Å². The van der Waals surface area contributed by atoms with Crippen molar-refractivity contribution in [3.8, 4) is 0 Å². The first kappa shape index (κ1) is 13.5. The van der Waals surface area contributed by atoms with Gasteiger partial charge in [0.2, 0.25) is 0 Å². The minimum atomic E-state index is -0.127. The predicted molar refractivity (Wildman–Crippen MR) is 74.3 cm³/mol. The van der Waals surface area contributed by atoms with E-state index in [9.17, 15) is 4.39 Å². The Bertz CT molecular complexity index is 416. The van der Waals surface area contributed by atoms with Gasteiger partial charge in [0.1, 0.15) is 5.82 Å². The molecule has 2 atom stereocenters. The molecular formula is C16H24FN. The summed E-state index contributed by atoms with van der Waals surface area (Å²) in [6.45, 7) is 7.60. The molecule has 18 heavy (non-hydrogen) atoms. The van der Waals surface area contributed by atoms with Gasteiger partial charge in [-0.05, 0) is 67.8 Å². The van der Waals surface area contributed by atoms with E-state index < -0.39 is 0 Å². The van der Waals surface area contributed by atoms with Crippen molar-refractivity contribution in [1.29, 1.82) is 0 Å². The van der Waals surface area contributed by atoms with E-state index in [0.717, 1.165) is 18.5 Å². The fraction of sp³-hybridized carbons (Fsp3) is 0.625. The van der Waals surface area contributed by atoms with Crippen LogP contribution in [0.1, 0.15) is 44.2 Å². The first-order chi connectivity index (χ1) is 8.52. The normalized spacial score (nSPS) is 27.7. The van der Waals surface area contributed by atoms with Crippen molar-refractivity contribution in [2.45, 2.75) is 52.5 Å². The van der Waals surface area contributed by atoms with Gasteiger partial charge in [0, 0.05) is 6.04 Å². The van der Waals surface area contributed by atoms with Crippen LogP contribution in [0.2, 0.25) is 0 Å². The predicted octanol–water partition coefficient (Wildman–Crippen LogP) is 3.84. The Morgan fingerprint density at radius 2 is 2.22 bits per heavy atom. The molecule has 0 bridgehead atoms. The van der Waals surface area contributed by atoms with E-state index in [1.807, 2.05) is 13.0 Å². The first-order valence-electron chi connectivity index (χ1n) is 7.01. The smallest absolute Gasteiger partial charge is 0.123 e. The van der Waals surface area contributed by atoms with Crippen LogP contribution in [0.15, 0.2) is 18.2 Å². The van der Waals surface area contributed by atoms with Crippen molar-refractivity contribution in [3.63, 3.8) is 0 Å². The van der Waals surface area contributed by atoms with Crippen LogP contribution >= 0.6 is 0 Å². The maximum atomic E-state index is 13.1. The molecule has 1 nitrogen and oxygen atoms in total. The highest BCUT2D eigenvalue weighted by Crippen LogP contribution is 2.41. The molecule has 1 aromatic carbocycles. The van der Waals surface area contributed by atoms with E-state index in [1.54, 1.807) is 12.1 Å². The molecule has 0 spiro atoms. The second-order valence-corrected chi connectivity index (χ2v) is 6.06. The first-order valence-corrected chi connectivity index (χ1v) is 7.01. The van der Waals surface area contributed by atoms with E-state index in [4.69, 9.17) is 0 Å². The van der Waals surface area contributed by atoms with Crippen LogP contribution in [0, 0.1) is 18.2 Å². The Labute approximate surface area is 110 Å². The van der Waals surface area contributed by atoms with Crippen LogP contribution in [-0.2, 0) is 6.42 Å². The van der Waals surface area contributed by atoms with E-state index >= 15 is 0 Å². The Hall–Kier alpha value is -0.890. The van der Waals surface area contributed by atoms with Gasteiger partial charge in [0.15, 0.2) is 0 Å². The standard InChI is InChI=1S/C16H24FN/c1-4-18-15-7-8-16(3,11-15)10-13-5-6-14(17)9-12(13)2/h5-6,9,15,18H,4,7-8,10-11H2,1-3H3. The Kier molecular flexibility index (Phi) is 4.06. The third-order valence-corrected chi connectivity index (χ3v) is 4.25. The fourth-order valence-corrected chi connectivity index (χ4v) is 3.26. The van der Waals surface area contributed by atoms with Gasteiger partial charge in [-0.2, -0.15) is 0 Å². The monoisotopic (exact) mass is 249 g/mol. The average molecular weight is 249 g/mol. The molecular weight excluding hydrogens is 225 g/mol. The fourth-order valence-electron chi connectivity index (χ4n) is 3.26. The highest BCUT2D eigenvalue weighted by atomic mass is 19.1. The lowest BCUT2D eigenvalue weighted by atomic mass is 9.81. The van der Waals surface area contributed by atoms with Crippen LogP contribution in [0.25, 0.3) is 0 Å². The number of halogens is 1. The zero-order valence-corrected chi connectivity index (χ0v) is 11.7. The topological polar surface area (TPSA) is 12.0 Å². The maximum Gasteiger partial charge on any atom is 0.123 e. The zero-order valence-electron chi connectivity index (χ0n) is 11.7. The van der Waals surface area contributed by atoms with Crippen LogP contribution in [-0.4, -0.2) is 12.6 Å². The number of aryl methyl sites for hydroxylation is 1. The largest absolute Gasteiger partial charge is 0.314 e. The molecule has 2 rings (SSSR count). The second-order valence-electron chi connectivity index (χ2n) is 6.06. The molecule has 0 saturated heterocycles. The summed E-state index contributed by atoms with van der Waals surface area (Å²) in [6.07, 6.45) is 4.84.